The standard InChI is InChI=1S/C15H27NO2/c1-3-12-4-6-14(7-5-12)16(2)10-13-11-18-9-8-15(13)17/h12-14H,3-11H2,1-2H3. The lowest BCUT2D eigenvalue weighted by atomic mass is 9.83. The zero-order valence-corrected chi connectivity index (χ0v) is 11.9. The number of Topliss-reactive ketones (excluding diaryl/α,β-unsaturated/α-hetero) is 1. The third-order valence-electron chi connectivity index (χ3n) is 4.79. The zero-order chi connectivity index (χ0) is 13.0. The third kappa shape index (κ3) is 3.55. The highest BCUT2D eigenvalue weighted by Gasteiger charge is 2.28. The van der Waals surface area contributed by atoms with Crippen molar-refractivity contribution in [3.8, 4) is 0 Å². The Balaban J connectivity index is 1.77. The molecule has 0 bridgehead atoms. The summed E-state index contributed by atoms with van der Waals surface area (Å²) < 4.78 is 5.43. The number of hydrogen-bond acceptors (Lipinski definition) is 3. The van der Waals surface area contributed by atoms with Gasteiger partial charge in [-0.2, -0.15) is 0 Å². The van der Waals surface area contributed by atoms with Gasteiger partial charge in [0.1, 0.15) is 5.78 Å². The van der Waals surface area contributed by atoms with Crippen molar-refractivity contribution in [1.82, 2.24) is 4.90 Å². The van der Waals surface area contributed by atoms with Crippen LogP contribution in [0.4, 0.5) is 0 Å². The lowest BCUT2D eigenvalue weighted by Crippen LogP contribution is -2.42. The largest absolute Gasteiger partial charge is 0.380 e. The van der Waals surface area contributed by atoms with E-state index >= 15 is 0 Å². The minimum atomic E-state index is 0.118. The first-order valence-electron chi connectivity index (χ1n) is 7.51. The summed E-state index contributed by atoms with van der Waals surface area (Å²) in [7, 11) is 2.18. The van der Waals surface area contributed by atoms with Gasteiger partial charge in [0, 0.05) is 19.0 Å². The van der Waals surface area contributed by atoms with Crippen LogP contribution in [0.15, 0.2) is 0 Å². The summed E-state index contributed by atoms with van der Waals surface area (Å²) in [6.45, 7) is 4.45. The molecule has 1 saturated carbocycles. The van der Waals surface area contributed by atoms with Gasteiger partial charge in [-0.15, -0.1) is 0 Å². The van der Waals surface area contributed by atoms with E-state index in [1.54, 1.807) is 0 Å². The van der Waals surface area contributed by atoms with Crippen LogP contribution in [0.5, 0.6) is 0 Å². The maximum absolute atomic E-state index is 11.8. The summed E-state index contributed by atoms with van der Waals surface area (Å²) >= 11 is 0. The fourth-order valence-corrected chi connectivity index (χ4v) is 3.34. The molecule has 1 aliphatic heterocycles. The van der Waals surface area contributed by atoms with Crippen molar-refractivity contribution in [2.24, 2.45) is 11.8 Å². The van der Waals surface area contributed by atoms with Crippen molar-refractivity contribution in [2.45, 2.75) is 51.5 Å². The molecule has 1 aliphatic carbocycles. The van der Waals surface area contributed by atoms with Gasteiger partial charge in [-0.1, -0.05) is 13.3 Å². The lowest BCUT2D eigenvalue weighted by molar-refractivity contribution is -0.131. The molecule has 1 atom stereocenters. The normalized spacial score (nSPS) is 33.9. The average molecular weight is 253 g/mol. The van der Waals surface area contributed by atoms with Crippen LogP contribution in [0.2, 0.25) is 0 Å². The molecule has 1 saturated heterocycles. The van der Waals surface area contributed by atoms with Gasteiger partial charge in [-0.3, -0.25) is 4.79 Å². The van der Waals surface area contributed by atoms with Gasteiger partial charge in [0.2, 0.25) is 0 Å². The molecule has 0 aromatic rings. The molecule has 0 N–H and O–H groups in total. The molecule has 0 radical (unpaired) electrons. The zero-order valence-electron chi connectivity index (χ0n) is 11.9. The van der Waals surface area contributed by atoms with Crippen molar-refractivity contribution in [1.29, 1.82) is 0 Å². The number of nitrogens with zero attached hydrogens (tertiary/aromatic N) is 1. The number of hydrogen-bond donors (Lipinski definition) is 0. The molecule has 1 unspecified atom stereocenters. The van der Waals surface area contributed by atoms with Crippen LogP contribution < -0.4 is 0 Å². The summed E-state index contributed by atoms with van der Waals surface area (Å²) in [6, 6.07) is 0.683. The fourth-order valence-electron chi connectivity index (χ4n) is 3.34. The lowest BCUT2D eigenvalue weighted by Gasteiger charge is -2.36. The molecule has 104 valence electrons. The predicted molar refractivity (Wildman–Crippen MR) is 72.6 cm³/mol. The monoisotopic (exact) mass is 253 g/mol. The first-order valence-corrected chi connectivity index (χ1v) is 7.51. The van der Waals surface area contributed by atoms with E-state index in [0.717, 1.165) is 12.5 Å². The van der Waals surface area contributed by atoms with Crippen molar-refractivity contribution in [2.75, 3.05) is 26.8 Å². The van der Waals surface area contributed by atoms with E-state index in [-0.39, 0.29) is 5.92 Å². The van der Waals surface area contributed by atoms with Crippen LogP contribution in [0.1, 0.15) is 45.4 Å². The molecular weight excluding hydrogens is 226 g/mol. The Bertz CT molecular complexity index is 272. The van der Waals surface area contributed by atoms with Crippen molar-refractivity contribution in [3.63, 3.8) is 0 Å². The maximum Gasteiger partial charge on any atom is 0.141 e. The highest BCUT2D eigenvalue weighted by Crippen LogP contribution is 2.29. The Hall–Kier alpha value is -0.410. The van der Waals surface area contributed by atoms with Gasteiger partial charge in [0.15, 0.2) is 0 Å². The number of ketones is 1. The summed E-state index contributed by atoms with van der Waals surface area (Å²) in [5.74, 6) is 1.46. The Morgan fingerprint density at radius 3 is 2.61 bits per heavy atom. The van der Waals surface area contributed by atoms with Crippen LogP contribution in [0.3, 0.4) is 0 Å². The third-order valence-corrected chi connectivity index (χ3v) is 4.79. The van der Waals surface area contributed by atoms with E-state index in [9.17, 15) is 4.79 Å². The molecule has 2 rings (SSSR count). The molecule has 2 fully saturated rings. The van der Waals surface area contributed by atoms with Crippen LogP contribution in [-0.4, -0.2) is 43.5 Å². The predicted octanol–water partition coefficient (Wildman–Crippen LogP) is 2.49. The minimum absolute atomic E-state index is 0.118. The first kappa shape index (κ1) is 14.0. The molecule has 0 amide bonds. The van der Waals surface area contributed by atoms with E-state index in [0.29, 0.717) is 31.5 Å². The van der Waals surface area contributed by atoms with Crippen molar-refractivity contribution < 1.29 is 9.53 Å². The fraction of sp³-hybridized carbons (Fsp3) is 0.933. The number of ether oxygens (including phenoxy) is 1. The Labute approximate surface area is 111 Å². The van der Waals surface area contributed by atoms with Crippen molar-refractivity contribution in [3.05, 3.63) is 0 Å². The van der Waals surface area contributed by atoms with Gasteiger partial charge in [0.25, 0.3) is 0 Å². The topological polar surface area (TPSA) is 29.5 Å². The second-order valence-corrected chi connectivity index (χ2v) is 6.01. The average Bonchev–Trinajstić information content (AvgIpc) is 2.41. The summed E-state index contributed by atoms with van der Waals surface area (Å²) in [6.07, 6.45) is 7.27. The summed E-state index contributed by atoms with van der Waals surface area (Å²) in [5, 5.41) is 0. The van der Waals surface area contributed by atoms with Crippen LogP contribution in [-0.2, 0) is 9.53 Å². The number of carbonyl (C=O) groups is 1. The van der Waals surface area contributed by atoms with E-state index in [4.69, 9.17) is 4.74 Å². The van der Waals surface area contributed by atoms with E-state index < -0.39 is 0 Å². The van der Waals surface area contributed by atoms with Crippen molar-refractivity contribution >= 4 is 5.78 Å². The van der Waals surface area contributed by atoms with Gasteiger partial charge >= 0.3 is 0 Å². The Morgan fingerprint density at radius 2 is 2.00 bits per heavy atom. The van der Waals surface area contributed by atoms with E-state index in [1.165, 1.54) is 32.1 Å². The van der Waals surface area contributed by atoms with Crippen LogP contribution in [0.25, 0.3) is 0 Å². The maximum atomic E-state index is 11.8. The molecule has 0 aromatic carbocycles. The van der Waals surface area contributed by atoms with Gasteiger partial charge < -0.3 is 9.64 Å². The molecular formula is C15H27NO2. The molecule has 0 spiro atoms. The van der Waals surface area contributed by atoms with E-state index in [2.05, 4.69) is 18.9 Å². The summed E-state index contributed by atoms with van der Waals surface area (Å²) in [4.78, 5) is 14.2. The number of rotatable bonds is 4. The van der Waals surface area contributed by atoms with Crippen LogP contribution >= 0.6 is 0 Å². The Morgan fingerprint density at radius 1 is 1.28 bits per heavy atom. The molecule has 2 aliphatic rings. The first-order chi connectivity index (χ1) is 8.70. The molecule has 1 heterocycles. The van der Waals surface area contributed by atoms with E-state index in [1.807, 2.05) is 0 Å². The number of carbonyl (C=O) groups excluding carboxylic acids is 1. The van der Waals surface area contributed by atoms with Gasteiger partial charge in [-0.05, 0) is 38.6 Å². The smallest absolute Gasteiger partial charge is 0.141 e. The highest BCUT2D eigenvalue weighted by molar-refractivity contribution is 5.82. The van der Waals surface area contributed by atoms with Gasteiger partial charge in [-0.25, -0.2) is 0 Å². The van der Waals surface area contributed by atoms with Crippen LogP contribution in [0, 0.1) is 11.8 Å². The minimum Gasteiger partial charge on any atom is -0.380 e. The molecule has 3 heteroatoms. The second-order valence-electron chi connectivity index (χ2n) is 6.01. The molecule has 18 heavy (non-hydrogen) atoms. The second kappa shape index (κ2) is 6.67. The highest BCUT2D eigenvalue weighted by atomic mass is 16.5. The summed E-state index contributed by atoms with van der Waals surface area (Å²) in [5.41, 5.74) is 0. The quantitative estimate of drug-likeness (QED) is 0.771. The Kier molecular flexibility index (Phi) is 5.19. The molecule has 3 nitrogen and oxygen atoms in total. The van der Waals surface area contributed by atoms with Gasteiger partial charge in [0.05, 0.1) is 19.1 Å². The molecule has 0 aromatic heterocycles. The SMILES string of the molecule is CCC1CCC(N(C)CC2COCCC2=O)CC1.